The van der Waals surface area contributed by atoms with E-state index in [1.165, 1.54) is 22.3 Å². The molecule has 0 aliphatic carbocycles. The van der Waals surface area contributed by atoms with Gasteiger partial charge < -0.3 is 5.73 Å². The lowest BCUT2D eigenvalue weighted by atomic mass is 9.96. The molecule has 1 atom stereocenters. The van der Waals surface area contributed by atoms with E-state index in [9.17, 15) is 0 Å². The summed E-state index contributed by atoms with van der Waals surface area (Å²) in [7, 11) is 0. The van der Waals surface area contributed by atoms with Crippen molar-refractivity contribution >= 4 is 11.6 Å². The maximum absolute atomic E-state index is 6.14. The van der Waals surface area contributed by atoms with Gasteiger partial charge in [0.15, 0.2) is 0 Å². The van der Waals surface area contributed by atoms with Crippen LogP contribution in [0.15, 0.2) is 36.4 Å². The van der Waals surface area contributed by atoms with Gasteiger partial charge in [-0.2, -0.15) is 0 Å². The highest BCUT2D eigenvalue weighted by atomic mass is 35.5. The summed E-state index contributed by atoms with van der Waals surface area (Å²) in [6.45, 7) is 6.16. The van der Waals surface area contributed by atoms with Crippen LogP contribution in [-0.2, 0) is 6.42 Å². The standard InChI is InChI=1S/C17H20ClN/c1-11-9-17(18)12(2)8-16(11)15-6-4-14(5-7-15)10-13(3)19/h4-9,13H,10,19H2,1-3H3. The molecule has 0 saturated heterocycles. The first kappa shape index (κ1) is 14.1. The number of aryl methyl sites for hydroxylation is 2. The molecule has 2 rings (SSSR count). The van der Waals surface area contributed by atoms with Gasteiger partial charge in [0.05, 0.1) is 0 Å². The fraction of sp³-hybridized carbons (Fsp3) is 0.294. The van der Waals surface area contributed by atoms with Crippen LogP contribution in [-0.4, -0.2) is 6.04 Å². The van der Waals surface area contributed by atoms with Crippen molar-refractivity contribution in [2.75, 3.05) is 0 Å². The van der Waals surface area contributed by atoms with Gasteiger partial charge in [-0.15, -0.1) is 0 Å². The largest absolute Gasteiger partial charge is 0.328 e. The van der Waals surface area contributed by atoms with Crippen LogP contribution in [0.2, 0.25) is 5.02 Å². The number of rotatable bonds is 3. The maximum Gasteiger partial charge on any atom is 0.0438 e. The third-order valence-corrected chi connectivity index (χ3v) is 3.74. The molecule has 0 bridgehead atoms. The van der Waals surface area contributed by atoms with Crippen molar-refractivity contribution in [2.45, 2.75) is 33.2 Å². The zero-order valence-corrected chi connectivity index (χ0v) is 12.5. The molecular weight excluding hydrogens is 254 g/mol. The van der Waals surface area contributed by atoms with Gasteiger partial charge in [-0.1, -0.05) is 35.9 Å². The van der Waals surface area contributed by atoms with Crippen LogP contribution >= 0.6 is 11.6 Å². The second kappa shape index (κ2) is 5.77. The Morgan fingerprint density at radius 1 is 1.05 bits per heavy atom. The van der Waals surface area contributed by atoms with Crippen molar-refractivity contribution in [1.82, 2.24) is 0 Å². The lowest BCUT2D eigenvalue weighted by molar-refractivity contribution is 0.738. The van der Waals surface area contributed by atoms with Crippen molar-refractivity contribution < 1.29 is 0 Å². The van der Waals surface area contributed by atoms with E-state index in [0.29, 0.717) is 0 Å². The number of benzene rings is 2. The van der Waals surface area contributed by atoms with E-state index in [1.54, 1.807) is 0 Å². The van der Waals surface area contributed by atoms with E-state index in [4.69, 9.17) is 17.3 Å². The molecule has 1 nitrogen and oxygen atoms in total. The average molecular weight is 274 g/mol. The quantitative estimate of drug-likeness (QED) is 0.875. The summed E-state index contributed by atoms with van der Waals surface area (Å²) in [5.41, 5.74) is 11.9. The molecule has 2 heteroatoms. The van der Waals surface area contributed by atoms with E-state index in [1.807, 2.05) is 19.9 Å². The SMILES string of the molecule is Cc1cc(-c2ccc(CC(C)N)cc2)c(C)cc1Cl. The van der Waals surface area contributed by atoms with Crippen molar-refractivity contribution in [1.29, 1.82) is 0 Å². The first-order valence-corrected chi connectivity index (χ1v) is 6.97. The Balaban J connectivity index is 2.34. The lowest BCUT2D eigenvalue weighted by Gasteiger charge is -2.11. The van der Waals surface area contributed by atoms with Gasteiger partial charge in [-0.25, -0.2) is 0 Å². The van der Waals surface area contributed by atoms with Crippen LogP contribution < -0.4 is 5.73 Å². The summed E-state index contributed by atoms with van der Waals surface area (Å²) in [6.07, 6.45) is 0.916. The second-order valence-corrected chi connectivity index (χ2v) is 5.70. The third-order valence-electron chi connectivity index (χ3n) is 3.33. The predicted octanol–water partition coefficient (Wildman–Crippen LogP) is 4.51. The fourth-order valence-corrected chi connectivity index (χ4v) is 2.50. The Kier molecular flexibility index (Phi) is 4.28. The Morgan fingerprint density at radius 2 is 1.68 bits per heavy atom. The topological polar surface area (TPSA) is 26.0 Å². The first-order chi connectivity index (χ1) is 8.97. The molecule has 0 spiro atoms. The molecule has 1 unspecified atom stereocenters. The molecule has 0 radical (unpaired) electrons. The molecule has 0 heterocycles. The number of halogens is 1. The lowest BCUT2D eigenvalue weighted by Crippen LogP contribution is -2.17. The van der Waals surface area contributed by atoms with Gasteiger partial charge in [0.2, 0.25) is 0 Å². The zero-order chi connectivity index (χ0) is 14.0. The monoisotopic (exact) mass is 273 g/mol. The van der Waals surface area contributed by atoms with Gasteiger partial charge in [-0.05, 0) is 67.1 Å². The van der Waals surface area contributed by atoms with Gasteiger partial charge >= 0.3 is 0 Å². The van der Waals surface area contributed by atoms with Crippen LogP contribution in [0.5, 0.6) is 0 Å². The molecule has 2 N–H and O–H groups in total. The Labute approximate surface area is 120 Å². The normalized spacial score (nSPS) is 12.5. The van der Waals surface area contributed by atoms with Crippen LogP contribution in [0.25, 0.3) is 11.1 Å². The molecule has 0 amide bonds. The fourth-order valence-electron chi connectivity index (χ4n) is 2.28. The summed E-state index contributed by atoms with van der Waals surface area (Å²) in [6, 6.07) is 13.0. The van der Waals surface area contributed by atoms with Crippen LogP contribution in [0, 0.1) is 13.8 Å². The molecule has 0 aromatic heterocycles. The van der Waals surface area contributed by atoms with E-state index < -0.39 is 0 Å². The van der Waals surface area contributed by atoms with Crippen LogP contribution in [0.1, 0.15) is 23.6 Å². The zero-order valence-electron chi connectivity index (χ0n) is 11.7. The van der Waals surface area contributed by atoms with E-state index in [2.05, 4.69) is 37.3 Å². The van der Waals surface area contributed by atoms with Gasteiger partial charge in [0, 0.05) is 11.1 Å². The highest BCUT2D eigenvalue weighted by Gasteiger charge is 2.06. The van der Waals surface area contributed by atoms with Crippen molar-refractivity contribution in [3.63, 3.8) is 0 Å². The molecule has 0 saturated carbocycles. The summed E-state index contributed by atoms with van der Waals surface area (Å²) < 4.78 is 0. The molecule has 0 fully saturated rings. The number of hydrogen-bond donors (Lipinski definition) is 1. The minimum Gasteiger partial charge on any atom is -0.328 e. The molecule has 2 aromatic rings. The summed E-state index contributed by atoms with van der Waals surface area (Å²) >= 11 is 6.14. The molecule has 0 aliphatic heterocycles. The Morgan fingerprint density at radius 3 is 2.26 bits per heavy atom. The third kappa shape index (κ3) is 3.37. The van der Waals surface area contributed by atoms with Crippen LogP contribution in [0.4, 0.5) is 0 Å². The summed E-state index contributed by atoms with van der Waals surface area (Å²) in [4.78, 5) is 0. The van der Waals surface area contributed by atoms with Crippen LogP contribution in [0.3, 0.4) is 0 Å². The van der Waals surface area contributed by atoms with Crippen molar-refractivity contribution in [3.05, 3.63) is 58.1 Å². The summed E-state index contributed by atoms with van der Waals surface area (Å²) in [5, 5.41) is 0.829. The number of nitrogens with two attached hydrogens (primary N) is 1. The molecule has 0 aliphatic rings. The van der Waals surface area contributed by atoms with Gasteiger partial charge in [-0.3, -0.25) is 0 Å². The average Bonchev–Trinajstić information content (AvgIpc) is 2.34. The maximum atomic E-state index is 6.14. The second-order valence-electron chi connectivity index (χ2n) is 5.29. The van der Waals surface area contributed by atoms with Gasteiger partial charge in [0.1, 0.15) is 0 Å². The highest BCUT2D eigenvalue weighted by molar-refractivity contribution is 6.31. The first-order valence-electron chi connectivity index (χ1n) is 6.59. The van der Waals surface area contributed by atoms with E-state index in [0.717, 1.165) is 17.0 Å². The highest BCUT2D eigenvalue weighted by Crippen LogP contribution is 2.29. The smallest absolute Gasteiger partial charge is 0.0438 e. The molecular formula is C17H20ClN. The van der Waals surface area contributed by atoms with E-state index in [-0.39, 0.29) is 6.04 Å². The summed E-state index contributed by atoms with van der Waals surface area (Å²) in [5.74, 6) is 0. The number of hydrogen-bond acceptors (Lipinski definition) is 1. The minimum absolute atomic E-state index is 0.199. The molecule has 19 heavy (non-hydrogen) atoms. The Bertz CT molecular complexity index is 571. The van der Waals surface area contributed by atoms with Crippen molar-refractivity contribution in [3.8, 4) is 11.1 Å². The van der Waals surface area contributed by atoms with Crippen molar-refractivity contribution in [2.24, 2.45) is 5.73 Å². The Hall–Kier alpha value is -1.31. The van der Waals surface area contributed by atoms with E-state index >= 15 is 0 Å². The predicted molar refractivity (Wildman–Crippen MR) is 83.7 cm³/mol. The van der Waals surface area contributed by atoms with Gasteiger partial charge in [0.25, 0.3) is 0 Å². The minimum atomic E-state index is 0.199. The molecule has 2 aromatic carbocycles. The molecule has 100 valence electrons.